The van der Waals surface area contributed by atoms with Crippen LogP contribution < -0.4 is 10.5 Å². The quantitative estimate of drug-likeness (QED) is 0.144. The van der Waals surface area contributed by atoms with Crippen LogP contribution in [0, 0.1) is 11.8 Å². The number of piperidine rings is 1. The highest BCUT2D eigenvalue weighted by atomic mass is 35.5. The first-order chi connectivity index (χ1) is 20.5. The molecule has 0 saturated carbocycles. The third-order valence-electron chi connectivity index (χ3n) is 7.87. The summed E-state index contributed by atoms with van der Waals surface area (Å²) >= 11 is 6.37. The lowest BCUT2D eigenvalue weighted by atomic mass is 9.88. The lowest BCUT2D eigenvalue weighted by molar-refractivity contribution is -0.0372. The number of likely N-dealkylation sites (tertiary alicyclic amines) is 1. The molecule has 218 valence electrons. The van der Waals surface area contributed by atoms with E-state index in [4.69, 9.17) is 27.1 Å². The Kier molecular flexibility index (Phi) is 10.1. The van der Waals surface area contributed by atoms with Gasteiger partial charge in [-0.05, 0) is 104 Å². The number of fused-ring (bicyclic) bond motifs is 2. The van der Waals surface area contributed by atoms with E-state index in [2.05, 4.69) is 34.9 Å². The van der Waals surface area contributed by atoms with E-state index in [1.54, 1.807) is 0 Å². The third kappa shape index (κ3) is 7.71. The number of primary amides is 1. The molecule has 7 nitrogen and oxygen atoms in total. The highest BCUT2D eigenvalue weighted by Gasteiger charge is 2.25. The fraction of sp³-hybridized carbons (Fsp3) is 0.353. The van der Waals surface area contributed by atoms with Crippen LogP contribution >= 0.6 is 11.6 Å². The smallest absolute Gasteiger partial charge is 0.338 e. The summed E-state index contributed by atoms with van der Waals surface area (Å²) in [5.41, 5.74) is 13.8. The highest BCUT2D eigenvalue weighted by Crippen LogP contribution is 2.38. The molecule has 2 amide bonds. The molecule has 1 saturated heterocycles. The SMILES string of the molecule is NC(=O)N(O)CCC#Cc1ccc(OCCCCN2CCC(=C3c4ccc(Cl)cc4CCc4cccnc43)CC2)cc1. The Morgan fingerprint density at radius 1 is 1.05 bits per heavy atom. The number of hydroxylamine groups is 2. The summed E-state index contributed by atoms with van der Waals surface area (Å²) in [6.07, 6.45) is 8.43. The molecule has 0 unspecified atom stereocenters. The van der Waals surface area contributed by atoms with Gasteiger partial charge in [-0.2, -0.15) is 0 Å². The van der Waals surface area contributed by atoms with Crippen LogP contribution in [0.25, 0.3) is 5.57 Å². The van der Waals surface area contributed by atoms with Gasteiger partial charge in [0.1, 0.15) is 5.75 Å². The number of urea groups is 1. The molecule has 1 aliphatic heterocycles. The maximum absolute atomic E-state index is 10.8. The van der Waals surface area contributed by atoms with Crippen LogP contribution in [0.2, 0.25) is 5.02 Å². The van der Waals surface area contributed by atoms with Gasteiger partial charge in [-0.1, -0.05) is 41.1 Å². The van der Waals surface area contributed by atoms with Gasteiger partial charge >= 0.3 is 6.03 Å². The van der Waals surface area contributed by atoms with Gasteiger partial charge in [-0.3, -0.25) is 10.2 Å². The van der Waals surface area contributed by atoms with Crippen molar-refractivity contribution >= 4 is 23.2 Å². The number of carbonyl (C=O) groups excluding carboxylic acids is 1. The van der Waals surface area contributed by atoms with Gasteiger partial charge < -0.3 is 15.4 Å². The van der Waals surface area contributed by atoms with Crippen LogP contribution in [0.5, 0.6) is 5.75 Å². The van der Waals surface area contributed by atoms with Crippen molar-refractivity contribution in [2.24, 2.45) is 5.73 Å². The summed E-state index contributed by atoms with van der Waals surface area (Å²) in [6.45, 7) is 3.95. The Bertz CT molecular complexity index is 1480. The molecule has 2 aliphatic rings. The van der Waals surface area contributed by atoms with E-state index in [1.165, 1.54) is 27.8 Å². The highest BCUT2D eigenvalue weighted by molar-refractivity contribution is 6.30. The zero-order chi connectivity index (χ0) is 29.3. The summed E-state index contributed by atoms with van der Waals surface area (Å²) < 4.78 is 5.94. The number of hydrogen-bond donors (Lipinski definition) is 2. The maximum Gasteiger partial charge on any atom is 0.338 e. The zero-order valence-corrected chi connectivity index (χ0v) is 24.6. The molecule has 0 atom stereocenters. The van der Waals surface area contributed by atoms with Gasteiger partial charge in [0.25, 0.3) is 0 Å². The molecule has 5 rings (SSSR count). The number of carbonyl (C=O) groups is 1. The van der Waals surface area contributed by atoms with Gasteiger partial charge in [0.2, 0.25) is 0 Å². The number of amides is 2. The summed E-state index contributed by atoms with van der Waals surface area (Å²) in [7, 11) is 0. The topological polar surface area (TPSA) is 91.9 Å². The number of aryl methyl sites for hydroxylation is 2. The zero-order valence-electron chi connectivity index (χ0n) is 23.8. The minimum Gasteiger partial charge on any atom is -0.494 e. The number of pyridine rings is 1. The van der Waals surface area contributed by atoms with E-state index in [0.29, 0.717) is 18.1 Å². The lowest BCUT2D eigenvalue weighted by Crippen LogP contribution is -2.33. The number of rotatable bonds is 8. The Morgan fingerprint density at radius 2 is 1.83 bits per heavy atom. The fourth-order valence-corrected chi connectivity index (χ4v) is 5.82. The van der Waals surface area contributed by atoms with Crippen molar-refractivity contribution < 1.29 is 14.7 Å². The van der Waals surface area contributed by atoms with Gasteiger partial charge in [-0.15, -0.1) is 0 Å². The van der Waals surface area contributed by atoms with Crippen LogP contribution in [0.3, 0.4) is 0 Å². The second kappa shape index (κ2) is 14.4. The predicted molar refractivity (Wildman–Crippen MR) is 166 cm³/mol. The van der Waals surface area contributed by atoms with Gasteiger partial charge in [0, 0.05) is 41.9 Å². The number of nitrogens with zero attached hydrogens (tertiary/aromatic N) is 3. The van der Waals surface area contributed by atoms with Crippen LogP contribution in [0.15, 0.2) is 66.4 Å². The minimum absolute atomic E-state index is 0.0795. The van der Waals surface area contributed by atoms with E-state index in [-0.39, 0.29) is 6.54 Å². The molecule has 3 N–H and O–H groups in total. The van der Waals surface area contributed by atoms with Crippen molar-refractivity contribution in [1.82, 2.24) is 14.9 Å². The van der Waals surface area contributed by atoms with Crippen LogP contribution in [-0.2, 0) is 12.8 Å². The molecule has 0 radical (unpaired) electrons. The monoisotopic (exact) mass is 584 g/mol. The summed E-state index contributed by atoms with van der Waals surface area (Å²) in [6, 6.07) is 17.4. The van der Waals surface area contributed by atoms with Crippen LogP contribution in [0.4, 0.5) is 4.79 Å². The minimum atomic E-state index is -0.881. The van der Waals surface area contributed by atoms with Crippen molar-refractivity contribution in [3.63, 3.8) is 0 Å². The molecule has 2 heterocycles. The van der Waals surface area contributed by atoms with Crippen molar-refractivity contribution in [2.75, 3.05) is 32.8 Å². The lowest BCUT2D eigenvalue weighted by Gasteiger charge is -2.30. The number of benzene rings is 2. The summed E-state index contributed by atoms with van der Waals surface area (Å²) in [5.74, 6) is 6.75. The molecule has 3 aromatic rings. The normalized spacial score (nSPS) is 14.7. The second-order valence-electron chi connectivity index (χ2n) is 10.7. The number of halogens is 1. The molecule has 42 heavy (non-hydrogen) atoms. The van der Waals surface area contributed by atoms with Crippen molar-refractivity contribution in [2.45, 2.75) is 44.9 Å². The van der Waals surface area contributed by atoms with Crippen LogP contribution in [0.1, 0.15) is 60.1 Å². The molecular weight excluding hydrogens is 548 g/mol. The molecule has 1 aliphatic carbocycles. The molecule has 0 spiro atoms. The molecule has 1 fully saturated rings. The first-order valence-corrected chi connectivity index (χ1v) is 15.0. The van der Waals surface area contributed by atoms with Crippen molar-refractivity contribution in [3.05, 3.63) is 99.3 Å². The summed E-state index contributed by atoms with van der Waals surface area (Å²) in [4.78, 5) is 18.2. The van der Waals surface area contributed by atoms with Crippen molar-refractivity contribution in [3.8, 4) is 17.6 Å². The number of hydrogen-bond acceptors (Lipinski definition) is 5. The second-order valence-corrected chi connectivity index (χ2v) is 11.2. The van der Waals surface area contributed by atoms with E-state index in [9.17, 15) is 10.0 Å². The van der Waals surface area contributed by atoms with E-state index in [0.717, 1.165) is 80.2 Å². The molecule has 1 aromatic heterocycles. The first kappa shape index (κ1) is 29.7. The number of unbranched alkanes of at least 4 members (excludes halogenated alkanes) is 1. The molecule has 8 heteroatoms. The Hall–Kier alpha value is -3.83. The first-order valence-electron chi connectivity index (χ1n) is 14.6. The van der Waals surface area contributed by atoms with Gasteiger partial charge in [-0.25, -0.2) is 9.86 Å². The molecular formula is C34H37ClN4O3. The summed E-state index contributed by atoms with van der Waals surface area (Å²) in [5, 5.41) is 10.5. The fourth-order valence-electron chi connectivity index (χ4n) is 5.63. The van der Waals surface area contributed by atoms with E-state index < -0.39 is 6.03 Å². The van der Waals surface area contributed by atoms with E-state index in [1.807, 2.05) is 42.6 Å². The average molecular weight is 585 g/mol. The number of nitrogens with two attached hydrogens (primary N) is 1. The number of aromatic nitrogens is 1. The largest absolute Gasteiger partial charge is 0.494 e. The van der Waals surface area contributed by atoms with Gasteiger partial charge in [0.05, 0.1) is 18.8 Å². The maximum atomic E-state index is 10.8. The third-order valence-corrected chi connectivity index (χ3v) is 8.10. The standard InChI is InChI=1S/C34H37ClN4O3/c35-29-12-15-31-28(24-29)11-10-27-7-5-18-37-33(27)32(31)26-16-21-38(22-17-26)19-3-4-23-42-30-13-8-25(9-14-30)6-1-2-20-39(41)34(36)40/h5,7-9,12-15,18,24,41H,2-4,10-11,16-17,19-23H2,(H2,36,40). The predicted octanol–water partition coefficient (Wildman–Crippen LogP) is 6.10. The molecule has 0 bridgehead atoms. The van der Waals surface area contributed by atoms with Crippen molar-refractivity contribution in [1.29, 1.82) is 0 Å². The number of ether oxygens (including phenoxy) is 1. The Balaban J connectivity index is 1.08. The van der Waals surface area contributed by atoms with Gasteiger partial charge in [0.15, 0.2) is 0 Å². The molecule has 2 aromatic carbocycles. The average Bonchev–Trinajstić information content (AvgIpc) is 3.16. The van der Waals surface area contributed by atoms with E-state index >= 15 is 0 Å². The van der Waals surface area contributed by atoms with Crippen LogP contribution in [-0.4, -0.2) is 59.0 Å². The Labute approximate surface area is 252 Å². The Morgan fingerprint density at radius 3 is 2.62 bits per heavy atom.